The zero-order chi connectivity index (χ0) is 19.8. The number of carbonyl (C=O) groups is 2. The summed E-state index contributed by atoms with van der Waals surface area (Å²) in [6, 6.07) is 5.42. The highest BCUT2D eigenvalue weighted by Gasteiger charge is 2.37. The number of amides is 2. The van der Waals surface area contributed by atoms with Crippen molar-refractivity contribution in [2.45, 2.75) is 12.5 Å². The van der Waals surface area contributed by atoms with Crippen LogP contribution >= 0.6 is 24.0 Å². The Morgan fingerprint density at radius 2 is 2.22 bits per heavy atom. The number of rotatable bonds is 4. The maximum Gasteiger partial charge on any atom is 0.266 e. The third-order valence-electron chi connectivity index (χ3n) is 4.46. The quantitative estimate of drug-likeness (QED) is 0.537. The topological polar surface area (TPSA) is 74.8 Å². The highest BCUT2D eigenvalue weighted by atomic mass is 32.2. The Morgan fingerprint density at radius 3 is 2.85 bits per heavy atom. The Kier molecular flexibility index (Phi) is 5.68. The van der Waals surface area contributed by atoms with Crippen LogP contribution in [-0.4, -0.2) is 65.5 Å². The van der Waals surface area contributed by atoms with Crippen LogP contribution in [0.4, 0.5) is 4.39 Å². The molecule has 144 valence electrons. The zero-order valence-electron chi connectivity index (χ0n) is 14.4. The molecule has 0 aromatic heterocycles. The van der Waals surface area contributed by atoms with E-state index in [0.717, 1.165) is 11.8 Å². The monoisotopic (exact) mass is 428 g/mol. The molecule has 2 aliphatic heterocycles. The lowest BCUT2D eigenvalue weighted by Gasteiger charge is -2.25. The first-order chi connectivity index (χ1) is 12.7. The molecular formula is C17H17FN2O4S3. The van der Waals surface area contributed by atoms with Gasteiger partial charge in [0.1, 0.15) is 16.7 Å². The molecule has 0 N–H and O–H groups in total. The Hall–Kier alpha value is -1.78. The molecule has 2 saturated heterocycles. The van der Waals surface area contributed by atoms with Gasteiger partial charge in [-0.15, -0.1) is 0 Å². The maximum absolute atomic E-state index is 13.3. The molecule has 0 bridgehead atoms. The second-order valence-electron chi connectivity index (χ2n) is 6.38. The minimum absolute atomic E-state index is 0.0622. The van der Waals surface area contributed by atoms with Crippen LogP contribution in [0.25, 0.3) is 6.08 Å². The summed E-state index contributed by atoms with van der Waals surface area (Å²) in [7, 11) is -1.58. The number of hydrogen-bond donors (Lipinski definition) is 0. The summed E-state index contributed by atoms with van der Waals surface area (Å²) in [4.78, 5) is 27.9. The molecular weight excluding hydrogens is 411 g/mol. The molecule has 6 nitrogen and oxygen atoms in total. The summed E-state index contributed by atoms with van der Waals surface area (Å²) < 4.78 is 36.7. The Bertz CT molecular complexity index is 945. The number of halogens is 1. The average Bonchev–Trinajstić information content (AvgIpc) is 3.08. The lowest BCUT2D eigenvalue weighted by Crippen LogP contribution is -2.45. The Labute approximate surface area is 166 Å². The van der Waals surface area contributed by atoms with Gasteiger partial charge in [-0.1, -0.05) is 36.1 Å². The van der Waals surface area contributed by atoms with Crippen molar-refractivity contribution in [3.63, 3.8) is 0 Å². The van der Waals surface area contributed by atoms with E-state index in [0.29, 0.717) is 16.9 Å². The number of nitrogens with zero attached hydrogens (tertiary/aromatic N) is 2. The fraction of sp³-hybridized carbons (Fsp3) is 0.353. The predicted molar refractivity (Wildman–Crippen MR) is 106 cm³/mol. The minimum Gasteiger partial charge on any atom is -0.340 e. The summed E-state index contributed by atoms with van der Waals surface area (Å²) in [5.74, 6) is -1.21. The first kappa shape index (κ1) is 20.0. The van der Waals surface area contributed by atoms with Crippen molar-refractivity contribution in [3.8, 4) is 0 Å². The van der Waals surface area contributed by atoms with Crippen molar-refractivity contribution in [2.24, 2.45) is 0 Å². The summed E-state index contributed by atoms with van der Waals surface area (Å²) in [5, 5.41) is 0. The van der Waals surface area contributed by atoms with E-state index >= 15 is 0 Å². The molecule has 10 heteroatoms. The van der Waals surface area contributed by atoms with Gasteiger partial charge < -0.3 is 4.90 Å². The predicted octanol–water partition coefficient (Wildman–Crippen LogP) is 1.67. The Morgan fingerprint density at radius 1 is 1.48 bits per heavy atom. The van der Waals surface area contributed by atoms with Gasteiger partial charge in [-0.25, -0.2) is 12.8 Å². The molecule has 27 heavy (non-hydrogen) atoms. The van der Waals surface area contributed by atoms with Gasteiger partial charge in [0.15, 0.2) is 9.84 Å². The van der Waals surface area contributed by atoms with Gasteiger partial charge in [-0.3, -0.25) is 14.5 Å². The van der Waals surface area contributed by atoms with Crippen molar-refractivity contribution < 1.29 is 22.4 Å². The molecule has 0 spiro atoms. The normalized spacial score (nSPS) is 23.3. The number of sulfone groups is 1. The smallest absolute Gasteiger partial charge is 0.266 e. The largest absolute Gasteiger partial charge is 0.340 e. The van der Waals surface area contributed by atoms with Crippen molar-refractivity contribution >= 4 is 56.0 Å². The molecule has 2 aliphatic rings. The number of thiocarbonyl (C=S) groups is 1. The van der Waals surface area contributed by atoms with E-state index in [2.05, 4.69) is 0 Å². The van der Waals surface area contributed by atoms with Crippen LogP contribution in [0.5, 0.6) is 0 Å². The molecule has 2 fully saturated rings. The molecule has 1 unspecified atom stereocenters. The van der Waals surface area contributed by atoms with E-state index in [-0.39, 0.29) is 34.3 Å². The zero-order valence-corrected chi connectivity index (χ0v) is 16.9. The van der Waals surface area contributed by atoms with Crippen molar-refractivity contribution in [1.82, 2.24) is 9.80 Å². The molecule has 3 rings (SSSR count). The number of benzene rings is 1. The number of carbonyl (C=O) groups excluding carboxylic acids is 2. The first-order valence-electron chi connectivity index (χ1n) is 8.13. The number of thioether (sulfide) groups is 1. The van der Waals surface area contributed by atoms with E-state index in [4.69, 9.17) is 12.2 Å². The fourth-order valence-corrected chi connectivity index (χ4v) is 5.94. The second-order valence-corrected chi connectivity index (χ2v) is 10.3. The Balaban J connectivity index is 1.69. The standard InChI is InChI=1S/C17H17FN2O4S3/c1-19(13-5-6-27(23,24)10-13)15(21)9-20-16(22)14(26-17(20)25)8-11-3-2-4-12(18)7-11/h2-4,7-8,13H,5-6,9-10H2,1H3/b14-8-. The number of hydrogen-bond acceptors (Lipinski definition) is 6. The second kappa shape index (κ2) is 7.69. The summed E-state index contributed by atoms with van der Waals surface area (Å²) in [5.41, 5.74) is 0.523. The van der Waals surface area contributed by atoms with Crippen LogP contribution < -0.4 is 0 Å². The molecule has 2 heterocycles. The average molecular weight is 429 g/mol. The summed E-state index contributed by atoms with van der Waals surface area (Å²) >= 11 is 6.25. The molecule has 0 saturated carbocycles. The van der Waals surface area contributed by atoms with E-state index in [1.165, 1.54) is 41.1 Å². The maximum atomic E-state index is 13.3. The molecule has 1 aromatic carbocycles. The van der Waals surface area contributed by atoms with E-state index in [1.54, 1.807) is 6.07 Å². The van der Waals surface area contributed by atoms with Crippen molar-refractivity contribution in [2.75, 3.05) is 25.1 Å². The third-order valence-corrected chi connectivity index (χ3v) is 7.59. The summed E-state index contributed by atoms with van der Waals surface area (Å²) in [6.07, 6.45) is 1.92. The highest BCUT2D eigenvalue weighted by molar-refractivity contribution is 8.26. The van der Waals surface area contributed by atoms with Gasteiger partial charge in [0, 0.05) is 13.1 Å². The van der Waals surface area contributed by atoms with Crippen LogP contribution in [0.2, 0.25) is 0 Å². The SMILES string of the molecule is CN(C(=O)CN1C(=O)/C(=C/c2cccc(F)c2)SC1=S)C1CCS(=O)(=O)C1. The number of likely N-dealkylation sites (N-methyl/N-ethyl adjacent to an activating group) is 1. The van der Waals surface area contributed by atoms with Crippen LogP contribution in [-0.2, 0) is 19.4 Å². The van der Waals surface area contributed by atoms with Gasteiger partial charge in [0.25, 0.3) is 5.91 Å². The van der Waals surface area contributed by atoms with E-state index < -0.39 is 21.6 Å². The molecule has 0 radical (unpaired) electrons. The first-order valence-corrected chi connectivity index (χ1v) is 11.2. The fourth-order valence-electron chi connectivity index (χ4n) is 2.92. The highest BCUT2D eigenvalue weighted by Crippen LogP contribution is 2.32. The van der Waals surface area contributed by atoms with Gasteiger partial charge in [-0.2, -0.15) is 0 Å². The van der Waals surface area contributed by atoms with Gasteiger partial charge in [0.05, 0.1) is 16.4 Å². The van der Waals surface area contributed by atoms with Crippen LogP contribution in [0.1, 0.15) is 12.0 Å². The van der Waals surface area contributed by atoms with Gasteiger partial charge in [-0.05, 0) is 30.2 Å². The van der Waals surface area contributed by atoms with Gasteiger partial charge in [0.2, 0.25) is 5.91 Å². The van der Waals surface area contributed by atoms with Crippen molar-refractivity contribution in [3.05, 3.63) is 40.6 Å². The summed E-state index contributed by atoms with van der Waals surface area (Å²) in [6.45, 7) is -0.252. The molecule has 2 amide bonds. The molecule has 1 atom stereocenters. The lowest BCUT2D eigenvalue weighted by atomic mass is 10.2. The van der Waals surface area contributed by atoms with Gasteiger partial charge >= 0.3 is 0 Å². The van der Waals surface area contributed by atoms with E-state index in [9.17, 15) is 22.4 Å². The van der Waals surface area contributed by atoms with Crippen LogP contribution in [0.3, 0.4) is 0 Å². The van der Waals surface area contributed by atoms with Crippen molar-refractivity contribution in [1.29, 1.82) is 0 Å². The molecule has 1 aromatic rings. The third kappa shape index (κ3) is 4.56. The lowest BCUT2D eigenvalue weighted by molar-refractivity contribution is -0.135. The minimum atomic E-state index is -3.11. The van der Waals surface area contributed by atoms with E-state index in [1.807, 2.05) is 0 Å². The van der Waals surface area contributed by atoms with Crippen LogP contribution in [0.15, 0.2) is 29.2 Å². The molecule has 0 aliphatic carbocycles. The van der Waals surface area contributed by atoms with Crippen LogP contribution in [0, 0.1) is 5.82 Å².